The molecule has 0 heterocycles. The van der Waals surface area contributed by atoms with Gasteiger partial charge in [-0.05, 0) is 12.3 Å². The standard InChI is InChI=1S/C11H21NO2/c1-7(2)5-9(11(12)14)6-10(13)8(3)4/h7-9H,5-6H2,1-4H3,(H2,12,14)/t9-/m1/s1. The summed E-state index contributed by atoms with van der Waals surface area (Å²) in [7, 11) is 0. The van der Waals surface area contributed by atoms with Crippen molar-refractivity contribution in [3.05, 3.63) is 0 Å². The fraction of sp³-hybridized carbons (Fsp3) is 0.818. The Balaban J connectivity index is 4.23. The van der Waals surface area contributed by atoms with Gasteiger partial charge >= 0.3 is 0 Å². The minimum absolute atomic E-state index is 0.0102. The zero-order valence-corrected chi connectivity index (χ0v) is 9.54. The quantitative estimate of drug-likeness (QED) is 0.708. The van der Waals surface area contributed by atoms with Gasteiger partial charge in [-0.2, -0.15) is 0 Å². The number of primary amides is 1. The lowest BCUT2D eigenvalue weighted by Crippen LogP contribution is -2.28. The average Bonchev–Trinajstić information content (AvgIpc) is 2.01. The predicted octanol–water partition coefficient (Wildman–Crippen LogP) is 1.75. The topological polar surface area (TPSA) is 60.2 Å². The third kappa shape index (κ3) is 5.00. The fourth-order valence-electron chi connectivity index (χ4n) is 1.35. The lowest BCUT2D eigenvalue weighted by atomic mass is 9.89. The first-order valence-corrected chi connectivity index (χ1v) is 5.16. The Hall–Kier alpha value is -0.860. The molecule has 0 fully saturated rings. The minimum Gasteiger partial charge on any atom is -0.369 e. The number of carbonyl (C=O) groups is 2. The highest BCUT2D eigenvalue weighted by Crippen LogP contribution is 2.17. The summed E-state index contributed by atoms with van der Waals surface area (Å²) >= 11 is 0. The Morgan fingerprint density at radius 1 is 1.14 bits per heavy atom. The van der Waals surface area contributed by atoms with E-state index in [1.54, 1.807) is 0 Å². The maximum atomic E-state index is 11.4. The second-order valence-electron chi connectivity index (χ2n) is 4.55. The van der Waals surface area contributed by atoms with Crippen LogP contribution in [0.1, 0.15) is 40.5 Å². The first kappa shape index (κ1) is 13.1. The molecule has 0 spiro atoms. The summed E-state index contributed by atoms with van der Waals surface area (Å²) in [5.41, 5.74) is 5.24. The molecule has 1 atom stereocenters. The van der Waals surface area contributed by atoms with Gasteiger partial charge in [0.25, 0.3) is 0 Å². The molecule has 0 unspecified atom stereocenters. The third-order valence-corrected chi connectivity index (χ3v) is 2.25. The second-order valence-corrected chi connectivity index (χ2v) is 4.55. The van der Waals surface area contributed by atoms with Crippen LogP contribution in [0.5, 0.6) is 0 Å². The number of nitrogens with two attached hydrogens (primary N) is 1. The highest BCUT2D eigenvalue weighted by Gasteiger charge is 2.21. The van der Waals surface area contributed by atoms with Crippen molar-refractivity contribution in [3.63, 3.8) is 0 Å². The molecule has 0 aliphatic heterocycles. The van der Waals surface area contributed by atoms with Gasteiger partial charge in [0.2, 0.25) is 5.91 Å². The van der Waals surface area contributed by atoms with E-state index in [1.807, 2.05) is 27.7 Å². The van der Waals surface area contributed by atoms with Crippen LogP contribution in [0.15, 0.2) is 0 Å². The van der Waals surface area contributed by atoms with Crippen molar-refractivity contribution >= 4 is 11.7 Å². The van der Waals surface area contributed by atoms with Crippen molar-refractivity contribution in [1.29, 1.82) is 0 Å². The molecule has 0 radical (unpaired) electrons. The van der Waals surface area contributed by atoms with Crippen molar-refractivity contribution in [2.24, 2.45) is 23.5 Å². The van der Waals surface area contributed by atoms with Crippen molar-refractivity contribution in [2.75, 3.05) is 0 Å². The van der Waals surface area contributed by atoms with E-state index >= 15 is 0 Å². The summed E-state index contributed by atoms with van der Waals surface area (Å²) in [6.45, 7) is 7.73. The third-order valence-electron chi connectivity index (χ3n) is 2.25. The van der Waals surface area contributed by atoms with E-state index in [0.29, 0.717) is 18.8 Å². The van der Waals surface area contributed by atoms with Gasteiger partial charge in [0.1, 0.15) is 5.78 Å². The number of hydrogen-bond acceptors (Lipinski definition) is 2. The lowest BCUT2D eigenvalue weighted by Gasteiger charge is -2.15. The highest BCUT2D eigenvalue weighted by atomic mass is 16.1. The smallest absolute Gasteiger partial charge is 0.220 e. The fourth-order valence-corrected chi connectivity index (χ4v) is 1.35. The Kier molecular flexibility index (Phi) is 5.43. The van der Waals surface area contributed by atoms with Crippen LogP contribution in [0, 0.1) is 17.8 Å². The summed E-state index contributed by atoms with van der Waals surface area (Å²) in [5.74, 6) is -0.136. The molecule has 0 aromatic rings. The zero-order valence-electron chi connectivity index (χ0n) is 9.54. The van der Waals surface area contributed by atoms with Gasteiger partial charge in [-0.15, -0.1) is 0 Å². The maximum Gasteiger partial charge on any atom is 0.220 e. The summed E-state index contributed by atoms with van der Waals surface area (Å²) < 4.78 is 0. The molecule has 1 amide bonds. The predicted molar refractivity (Wildman–Crippen MR) is 56.6 cm³/mol. The zero-order chi connectivity index (χ0) is 11.3. The van der Waals surface area contributed by atoms with Gasteiger partial charge in [0, 0.05) is 18.3 Å². The van der Waals surface area contributed by atoms with Gasteiger partial charge in [0.05, 0.1) is 0 Å². The van der Waals surface area contributed by atoms with Crippen molar-refractivity contribution in [2.45, 2.75) is 40.5 Å². The molecule has 0 rings (SSSR count). The largest absolute Gasteiger partial charge is 0.369 e. The Morgan fingerprint density at radius 2 is 1.64 bits per heavy atom. The number of carbonyl (C=O) groups excluding carboxylic acids is 2. The Labute approximate surface area is 86.1 Å². The van der Waals surface area contributed by atoms with E-state index in [0.717, 1.165) is 0 Å². The van der Waals surface area contributed by atoms with Gasteiger partial charge < -0.3 is 5.73 Å². The van der Waals surface area contributed by atoms with Gasteiger partial charge in [-0.1, -0.05) is 27.7 Å². The number of Topliss-reactive ketones (excluding diaryl/α,β-unsaturated/α-hetero) is 1. The second kappa shape index (κ2) is 5.78. The summed E-state index contributed by atoms with van der Waals surface area (Å²) in [6.07, 6.45) is 0.999. The molecular weight excluding hydrogens is 178 g/mol. The Bertz CT molecular complexity index is 209. The van der Waals surface area contributed by atoms with Gasteiger partial charge in [-0.25, -0.2) is 0 Å². The summed E-state index contributed by atoms with van der Waals surface area (Å²) in [4.78, 5) is 22.5. The number of amides is 1. The van der Waals surface area contributed by atoms with Crippen LogP contribution in [0.25, 0.3) is 0 Å². The van der Waals surface area contributed by atoms with E-state index in [2.05, 4.69) is 0 Å². The minimum atomic E-state index is -0.354. The highest BCUT2D eigenvalue weighted by molar-refractivity contribution is 5.86. The molecule has 3 nitrogen and oxygen atoms in total. The number of hydrogen-bond donors (Lipinski definition) is 1. The number of ketones is 1. The van der Waals surface area contributed by atoms with Crippen molar-refractivity contribution < 1.29 is 9.59 Å². The van der Waals surface area contributed by atoms with Gasteiger partial charge in [0.15, 0.2) is 0 Å². The lowest BCUT2D eigenvalue weighted by molar-refractivity contribution is -0.129. The SMILES string of the molecule is CC(C)C[C@H](CC(=O)C(C)C)C(N)=O. The first-order chi connectivity index (χ1) is 6.34. The molecule has 0 aliphatic carbocycles. The van der Waals surface area contributed by atoms with Crippen LogP contribution in [0.4, 0.5) is 0 Å². The molecule has 0 aromatic heterocycles. The van der Waals surface area contributed by atoms with Crippen LogP contribution in [-0.2, 0) is 9.59 Å². The molecule has 14 heavy (non-hydrogen) atoms. The molecule has 0 aromatic carbocycles. The van der Waals surface area contributed by atoms with E-state index in [9.17, 15) is 9.59 Å². The normalized spacial score (nSPS) is 13.3. The number of rotatable bonds is 6. The first-order valence-electron chi connectivity index (χ1n) is 5.16. The van der Waals surface area contributed by atoms with E-state index in [4.69, 9.17) is 5.73 Å². The van der Waals surface area contributed by atoms with Crippen molar-refractivity contribution in [1.82, 2.24) is 0 Å². The Morgan fingerprint density at radius 3 is 1.93 bits per heavy atom. The van der Waals surface area contributed by atoms with E-state index < -0.39 is 0 Å². The van der Waals surface area contributed by atoms with Crippen molar-refractivity contribution in [3.8, 4) is 0 Å². The van der Waals surface area contributed by atoms with Crippen LogP contribution < -0.4 is 5.73 Å². The van der Waals surface area contributed by atoms with Crippen LogP contribution in [0.2, 0.25) is 0 Å². The molecule has 3 heteroatoms. The van der Waals surface area contributed by atoms with Crippen LogP contribution in [-0.4, -0.2) is 11.7 Å². The van der Waals surface area contributed by atoms with Crippen LogP contribution >= 0.6 is 0 Å². The molecular formula is C11H21NO2. The van der Waals surface area contributed by atoms with Gasteiger partial charge in [-0.3, -0.25) is 9.59 Å². The molecule has 0 saturated heterocycles. The maximum absolute atomic E-state index is 11.4. The molecule has 2 N–H and O–H groups in total. The summed E-state index contributed by atoms with van der Waals surface area (Å²) in [5, 5.41) is 0. The van der Waals surface area contributed by atoms with Crippen LogP contribution in [0.3, 0.4) is 0 Å². The average molecular weight is 199 g/mol. The molecule has 0 saturated carbocycles. The summed E-state index contributed by atoms with van der Waals surface area (Å²) in [6, 6.07) is 0. The molecule has 0 aliphatic rings. The van der Waals surface area contributed by atoms with E-state index in [1.165, 1.54) is 0 Å². The monoisotopic (exact) mass is 199 g/mol. The molecule has 82 valence electrons. The van der Waals surface area contributed by atoms with E-state index in [-0.39, 0.29) is 23.5 Å². The molecule has 0 bridgehead atoms.